The summed E-state index contributed by atoms with van der Waals surface area (Å²) in [4.78, 5) is 43.8. The van der Waals surface area contributed by atoms with Crippen LogP contribution in [-0.2, 0) is 28.7 Å². The zero-order valence-electron chi connectivity index (χ0n) is 9.61. The molecule has 0 atom stereocenters. The van der Waals surface area contributed by atoms with Crippen LogP contribution in [0.4, 0.5) is 0 Å². The van der Waals surface area contributed by atoms with Gasteiger partial charge in [-0.15, -0.1) is 23.2 Å². The van der Waals surface area contributed by atoms with Gasteiger partial charge in [0, 0.05) is 6.92 Å². The van der Waals surface area contributed by atoms with Gasteiger partial charge in [0.25, 0.3) is 0 Å². The summed E-state index contributed by atoms with van der Waals surface area (Å²) in [5.74, 6) is -3.31. The Bertz CT molecular complexity index is 309. The van der Waals surface area contributed by atoms with E-state index in [9.17, 15) is 19.2 Å². The number of alkyl halides is 2. The predicted molar refractivity (Wildman–Crippen MR) is 62.3 cm³/mol. The Kier molecular flexibility index (Phi) is 8.32. The summed E-state index contributed by atoms with van der Waals surface area (Å²) in [5.41, 5.74) is 0. The van der Waals surface area contributed by atoms with Crippen molar-refractivity contribution in [3.63, 3.8) is 0 Å². The number of hydrogen-bond acceptors (Lipinski definition) is 6. The molecule has 0 heterocycles. The minimum absolute atomic E-state index is 0.298. The fourth-order valence-electron chi connectivity index (χ4n) is 0.894. The van der Waals surface area contributed by atoms with E-state index in [1.807, 2.05) is 0 Å². The van der Waals surface area contributed by atoms with Crippen LogP contribution in [0.3, 0.4) is 0 Å². The van der Waals surface area contributed by atoms with Crippen molar-refractivity contribution >= 4 is 46.7 Å². The van der Waals surface area contributed by atoms with E-state index >= 15 is 0 Å². The largest absolute Gasteiger partial charge is 0.425 e. The van der Waals surface area contributed by atoms with Gasteiger partial charge in [-0.1, -0.05) is 0 Å². The fourth-order valence-corrected chi connectivity index (χ4v) is 1.08. The second-order valence-corrected chi connectivity index (χ2v) is 3.78. The molecule has 0 saturated carbocycles. The van der Waals surface area contributed by atoms with E-state index in [0.29, 0.717) is 0 Å². The standard InChI is InChI=1S/C10H12Cl2O6/c1-6(17-9(15)2-7(13)4-11)18-10(16)3-8(14)5-12/h6H,2-5H2,1H3. The van der Waals surface area contributed by atoms with E-state index in [2.05, 4.69) is 9.47 Å². The molecule has 0 bridgehead atoms. The van der Waals surface area contributed by atoms with E-state index in [1.165, 1.54) is 6.92 Å². The Morgan fingerprint density at radius 1 is 0.889 bits per heavy atom. The van der Waals surface area contributed by atoms with Crippen LogP contribution in [-0.4, -0.2) is 41.6 Å². The molecular formula is C10H12Cl2O6. The number of carbonyl (C=O) groups excluding carboxylic acids is 4. The van der Waals surface area contributed by atoms with Crippen LogP contribution in [0.1, 0.15) is 19.8 Å². The second-order valence-electron chi connectivity index (χ2n) is 3.25. The van der Waals surface area contributed by atoms with Crippen LogP contribution in [0, 0.1) is 0 Å². The van der Waals surface area contributed by atoms with Crippen LogP contribution in [0.2, 0.25) is 0 Å². The monoisotopic (exact) mass is 298 g/mol. The molecule has 0 unspecified atom stereocenters. The molecule has 18 heavy (non-hydrogen) atoms. The topological polar surface area (TPSA) is 86.7 Å². The Morgan fingerprint density at radius 3 is 1.50 bits per heavy atom. The molecular weight excluding hydrogens is 287 g/mol. The summed E-state index contributed by atoms with van der Waals surface area (Å²) in [6.07, 6.45) is -2.17. The normalized spacial score (nSPS) is 10.0. The number of rotatable bonds is 8. The summed E-state index contributed by atoms with van der Waals surface area (Å²) >= 11 is 10.4. The molecule has 0 aliphatic heterocycles. The van der Waals surface area contributed by atoms with Crippen molar-refractivity contribution in [2.45, 2.75) is 26.1 Å². The highest BCUT2D eigenvalue weighted by atomic mass is 35.5. The lowest BCUT2D eigenvalue weighted by atomic mass is 10.3. The highest BCUT2D eigenvalue weighted by Crippen LogP contribution is 2.01. The zero-order valence-corrected chi connectivity index (χ0v) is 11.1. The molecule has 0 amide bonds. The van der Waals surface area contributed by atoms with Gasteiger partial charge in [-0.3, -0.25) is 19.2 Å². The third kappa shape index (κ3) is 8.03. The van der Waals surface area contributed by atoms with Gasteiger partial charge in [-0.2, -0.15) is 0 Å². The van der Waals surface area contributed by atoms with Crippen molar-refractivity contribution in [2.24, 2.45) is 0 Å². The van der Waals surface area contributed by atoms with Crippen LogP contribution in [0.5, 0.6) is 0 Å². The molecule has 0 aromatic rings. The van der Waals surface area contributed by atoms with E-state index in [1.54, 1.807) is 0 Å². The molecule has 0 aromatic heterocycles. The number of esters is 2. The lowest BCUT2D eigenvalue weighted by Crippen LogP contribution is -2.24. The summed E-state index contributed by atoms with van der Waals surface area (Å²) in [6, 6.07) is 0. The second kappa shape index (κ2) is 8.88. The van der Waals surface area contributed by atoms with E-state index < -0.39 is 42.6 Å². The third-order valence-corrected chi connectivity index (χ3v) is 2.17. The quantitative estimate of drug-likeness (QED) is 0.285. The summed E-state index contributed by atoms with van der Waals surface area (Å²) in [5, 5.41) is 0. The first-order valence-corrected chi connectivity index (χ1v) is 6.00. The Hall–Kier alpha value is -1.14. The maximum absolute atomic E-state index is 11.1. The lowest BCUT2D eigenvalue weighted by molar-refractivity contribution is -0.184. The molecule has 102 valence electrons. The molecule has 0 spiro atoms. The number of carbonyl (C=O) groups is 4. The number of ketones is 2. The Morgan fingerprint density at radius 2 is 1.22 bits per heavy atom. The van der Waals surface area contributed by atoms with Crippen molar-refractivity contribution < 1.29 is 28.7 Å². The number of ether oxygens (including phenoxy) is 2. The van der Waals surface area contributed by atoms with Crippen LogP contribution >= 0.6 is 23.2 Å². The summed E-state index contributed by atoms with van der Waals surface area (Å²) < 4.78 is 9.21. The molecule has 0 aliphatic rings. The van der Waals surface area contributed by atoms with Gasteiger partial charge in [-0.25, -0.2) is 0 Å². The first-order chi connectivity index (χ1) is 8.38. The minimum atomic E-state index is -1.18. The molecule has 0 rings (SSSR count). The Labute approximate surface area is 114 Å². The van der Waals surface area contributed by atoms with E-state index in [4.69, 9.17) is 23.2 Å². The Balaban J connectivity index is 3.99. The van der Waals surface area contributed by atoms with Gasteiger partial charge in [0.15, 0.2) is 11.6 Å². The van der Waals surface area contributed by atoms with Gasteiger partial charge in [0.05, 0.1) is 11.8 Å². The average Bonchev–Trinajstić information content (AvgIpc) is 2.27. The molecule has 0 fully saturated rings. The summed E-state index contributed by atoms with van der Waals surface area (Å²) in [7, 11) is 0. The SMILES string of the molecule is CC(OC(=O)CC(=O)CCl)OC(=O)CC(=O)CCl. The predicted octanol–water partition coefficient (Wildman–Crippen LogP) is 0.815. The van der Waals surface area contributed by atoms with Crippen molar-refractivity contribution in [3.8, 4) is 0 Å². The zero-order chi connectivity index (χ0) is 14.1. The van der Waals surface area contributed by atoms with Gasteiger partial charge in [0.1, 0.15) is 12.8 Å². The van der Waals surface area contributed by atoms with E-state index in [0.717, 1.165) is 0 Å². The highest BCUT2D eigenvalue weighted by molar-refractivity contribution is 6.29. The van der Waals surface area contributed by atoms with Crippen LogP contribution in [0.15, 0.2) is 0 Å². The first kappa shape index (κ1) is 16.9. The van der Waals surface area contributed by atoms with Crippen molar-refractivity contribution in [3.05, 3.63) is 0 Å². The molecule has 8 heteroatoms. The molecule has 0 N–H and O–H groups in total. The maximum atomic E-state index is 11.1. The maximum Gasteiger partial charge on any atom is 0.316 e. The highest BCUT2D eigenvalue weighted by Gasteiger charge is 2.18. The first-order valence-electron chi connectivity index (χ1n) is 4.93. The molecule has 0 saturated heterocycles. The van der Waals surface area contributed by atoms with Crippen molar-refractivity contribution in [1.82, 2.24) is 0 Å². The van der Waals surface area contributed by atoms with Gasteiger partial charge in [-0.05, 0) is 0 Å². The third-order valence-electron chi connectivity index (χ3n) is 1.58. The number of Topliss-reactive ketones (excluding diaryl/α,β-unsaturated/α-hetero) is 2. The molecule has 6 nitrogen and oxygen atoms in total. The minimum Gasteiger partial charge on any atom is -0.425 e. The molecule has 0 radical (unpaired) electrons. The average molecular weight is 299 g/mol. The number of halogens is 2. The van der Waals surface area contributed by atoms with Crippen molar-refractivity contribution in [1.29, 1.82) is 0 Å². The van der Waals surface area contributed by atoms with Gasteiger partial charge >= 0.3 is 11.9 Å². The number of hydrogen-bond donors (Lipinski definition) is 0. The molecule has 0 aliphatic carbocycles. The van der Waals surface area contributed by atoms with Gasteiger partial charge in [0.2, 0.25) is 6.29 Å². The smallest absolute Gasteiger partial charge is 0.316 e. The van der Waals surface area contributed by atoms with Gasteiger partial charge < -0.3 is 9.47 Å². The molecule has 0 aromatic carbocycles. The van der Waals surface area contributed by atoms with Crippen LogP contribution < -0.4 is 0 Å². The van der Waals surface area contributed by atoms with Crippen LogP contribution in [0.25, 0.3) is 0 Å². The lowest BCUT2D eigenvalue weighted by Gasteiger charge is -2.13. The summed E-state index contributed by atoms with van der Waals surface area (Å²) in [6.45, 7) is 1.28. The van der Waals surface area contributed by atoms with E-state index in [-0.39, 0.29) is 11.8 Å². The van der Waals surface area contributed by atoms with Crippen molar-refractivity contribution in [2.75, 3.05) is 11.8 Å². The fraction of sp³-hybridized carbons (Fsp3) is 0.600.